The lowest BCUT2D eigenvalue weighted by molar-refractivity contribution is -0.122. The van der Waals surface area contributed by atoms with E-state index < -0.39 is 17.9 Å². The van der Waals surface area contributed by atoms with Gasteiger partial charge in [0.1, 0.15) is 16.7 Å². The normalized spacial score (nSPS) is 11.5. The standard InChI is InChI=1S/C24H27N5O4S/c1-3-18(23(31)27-14-15-8-6-5-7-9-15)29(16-10-12-17(13-11-16)33-4-2)24(32)21-19(25)20(22(26)30)28-34-21/h5-13,18H,3-4,14,25H2,1-2H3,(H2,26,30)(H,27,31)/t18-/m0/s1. The molecule has 0 aliphatic rings. The van der Waals surface area contributed by atoms with Gasteiger partial charge in [-0.1, -0.05) is 37.3 Å². The van der Waals surface area contributed by atoms with E-state index in [9.17, 15) is 14.4 Å². The molecule has 0 bridgehead atoms. The van der Waals surface area contributed by atoms with Crippen LogP contribution in [0.2, 0.25) is 0 Å². The molecule has 0 saturated heterocycles. The van der Waals surface area contributed by atoms with Gasteiger partial charge in [0.15, 0.2) is 5.69 Å². The van der Waals surface area contributed by atoms with Crippen molar-refractivity contribution < 1.29 is 19.1 Å². The average Bonchev–Trinajstić information content (AvgIpc) is 3.23. The minimum absolute atomic E-state index is 0.0389. The summed E-state index contributed by atoms with van der Waals surface area (Å²) in [7, 11) is 0. The molecule has 3 aromatic rings. The minimum atomic E-state index is -0.840. The fraction of sp³-hybridized carbons (Fsp3) is 0.250. The molecule has 0 aliphatic carbocycles. The molecule has 10 heteroatoms. The highest BCUT2D eigenvalue weighted by Crippen LogP contribution is 2.29. The van der Waals surface area contributed by atoms with Crippen LogP contribution in [0.5, 0.6) is 5.75 Å². The van der Waals surface area contributed by atoms with Crippen LogP contribution in [0.15, 0.2) is 54.6 Å². The number of ether oxygens (including phenoxy) is 1. The zero-order valence-corrected chi connectivity index (χ0v) is 19.8. The summed E-state index contributed by atoms with van der Waals surface area (Å²) >= 11 is 0.773. The Morgan fingerprint density at radius 2 is 1.76 bits per heavy atom. The summed E-state index contributed by atoms with van der Waals surface area (Å²) in [5.74, 6) is -1.07. The lowest BCUT2D eigenvalue weighted by Crippen LogP contribution is -2.49. The second kappa shape index (κ2) is 11.3. The maximum atomic E-state index is 13.6. The number of nitrogens with two attached hydrogens (primary N) is 2. The van der Waals surface area contributed by atoms with Gasteiger partial charge in [-0.25, -0.2) is 0 Å². The number of nitrogen functional groups attached to an aromatic ring is 1. The average molecular weight is 482 g/mol. The molecule has 3 rings (SSSR count). The van der Waals surface area contributed by atoms with Gasteiger partial charge in [0.25, 0.3) is 11.8 Å². The van der Waals surface area contributed by atoms with E-state index in [4.69, 9.17) is 16.2 Å². The number of rotatable bonds is 10. The highest BCUT2D eigenvalue weighted by Gasteiger charge is 2.33. The Balaban J connectivity index is 1.96. The second-order valence-corrected chi connectivity index (χ2v) is 8.14. The fourth-order valence-corrected chi connectivity index (χ4v) is 4.18. The van der Waals surface area contributed by atoms with E-state index >= 15 is 0 Å². The Hall–Kier alpha value is -3.92. The Labute approximate surface area is 201 Å². The molecular formula is C24H27N5O4S. The zero-order valence-electron chi connectivity index (χ0n) is 19.0. The largest absolute Gasteiger partial charge is 0.494 e. The van der Waals surface area contributed by atoms with Crippen LogP contribution < -0.4 is 26.4 Å². The maximum absolute atomic E-state index is 13.6. The zero-order chi connectivity index (χ0) is 24.7. The van der Waals surface area contributed by atoms with Crippen molar-refractivity contribution in [2.75, 3.05) is 17.2 Å². The van der Waals surface area contributed by atoms with Crippen molar-refractivity contribution in [2.45, 2.75) is 32.9 Å². The monoisotopic (exact) mass is 481 g/mol. The van der Waals surface area contributed by atoms with Crippen molar-refractivity contribution in [3.05, 3.63) is 70.7 Å². The first-order valence-electron chi connectivity index (χ1n) is 10.8. The van der Waals surface area contributed by atoms with Crippen LogP contribution in [0.3, 0.4) is 0 Å². The van der Waals surface area contributed by atoms with Crippen molar-refractivity contribution >= 4 is 40.6 Å². The van der Waals surface area contributed by atoms with E-state index in [0.717, 1.165) is 17.1 Å². The molecule has 1 atom stereocenters. The van der Waals surface area contributed by atoms with Gasteiger partial charge >= 0.3 is 0 Å². The topological polar surface area (TPSA) is 141 Å². The highest BCUT2D eigenvalue weighted by atomic mass is 32.1. The Morgan fingerprint density at radius 3 is 2.32 bits per heavy atom. The summed E-state index contributed by atoms with van der Waals surface area (Å²) in [6.45, 7) is 4.49. The molecular weight excluding hydrogens is 454 g/mol. The van der Waals surface area contributed by atoms with Crippen LogP contribution in [0.25, 0.3) is 0 Å². The fourth-order valence-electron chi connectivity index (χ4n) is 3.43. The predicted molar refractivity (Wildman–Crippen MR) is 132 cm³/mol. The van der Waals surface area contributed by atoms with E-state index in [-0.39, 0.29) is 22.2 Å². The van der Waals surface area contributed by atoms with Gasteiger partial charge in [0.05, 0.1) is 12.3 Å². The number of benzene rings is 2. The number of primary amides is 1. The second-order valence-electron chi connectivity index (χ2n) is 7.37. The number of nitrogens with zero attached hydrogens (tertiary/aromatic N) is 2. The van der Waals surface area contributed by atoms with Crippen LogP contribution in [0, 0.1) is 0 Å². The third-order valence-corrected chi connectivity index (χ3v) is 5.96. The van der Waals surface area contributed by atoms with Crippen molar-refractivity contribution in [1.82, 2.24) is 9.69 Å². The summed E-state index contributed by atoms with van der Waals surface area (Å²) in [5.41, 5.74) is 12.5. The number of amides is 3. The lowest BCUT2D eigenvalue weighted by atomic mass is 10.1. The van der Waals surface area contributed by atoms with Gasteiger partial charge in [0, 0.05) is 12.2 Å². The highest BCUT2D eigenvalue weighted by molar-refractivity contribution is 7.09. The number of carbonyl (C=O) groups is 3. The van der Waals surface area contributed by atoms with Crippen LogP contribution >= 0.6 is 11.5 Å². The van der Waals surface area contributed by atoms with Gasteiger partial charge in [-0.15, -0.1) is 0 Å². The number of anilines is 2. The van der Waals surface area contributed by atoms with Crippen molar-refractivity contribution in [3.63, 3.8) is 0 Å². The predicted octanol–water partition coefficient (Wildman–Crippen LogP) is 2.96. The molecule has 1 aromatic heterocycles. The number of hydrogen-bond donors (Lipinski definition) is 3. The number of hydrogen-bond acceptors (Lipinski definition) is 7. The van der Waals surface area contributed by atoms with Gasteiger partial charge in [-0.05, 0) is 54.7 Å². The van der Waals surface area contributed by atoms with Gasteiger partial charge in [0.2, 0.25) is 5.91 Å². The van der Waals surface area contributed by atoms with Crippen molar-refractivity contribution in [3.8, 4) is 5.75 Å². The molecule has 0 spiro atoms. The molecule has 0 radical (unpaired) electrons. The van der Waals surface area contributed by atoms with Gasteiger partial charge < -0.3 is 21.5 Å². The summed E-state index contributed by atoms with van der Waals surface area (Å²) in [4.78, 5) is 39.9. The van der Waals surface area contributed by atoms with E-state index in [1.807, 2.05) is 44.2 Å². The van der Waals surface area contributed by atoms with Crippen LogP contribution in [-0.2, 0) is 11.3 Å². The van der Waals surface area contributed by atoms with Crippen molar-refractivity contribution in [2.24, 2.45) is 5.73 Å². The summed E-state index contributed by atoms with van der Waals surface area (Å²) in [6, 6.07) is 15.5. The van der Waals surface area contributed by atoms with Gasteiger partial charge in [-0.3, -0.25) is 19.3 Å². The molecule has 0 saturated carbocycles. The molecule has 34 heavy (non-hydrogen) atoms. The van der Waals surface area contributed by atoms with Crippen LogP contribution in [0.4, 0.5) is 11.4 Å². The van der Waals surface area contributed by atoms with E-state index in [0.29, 0.717) is 31.0 Å². The Morgan fingerprint density at radius 1 is 1.09 bits per heavy atom. The summed E-state index contributed by atoms with van der Waals surface area (Å²) in [5, 5.41) is 2.90. The molecule has 0 fully saturated rings. The quantitative estimate of drug-likeness (QED) is 0.407. The third-order valence-electron chi connectivity index (χ3n) is 5.11. The van der Waals surface area contributed by atoms with E-state index in [1.165, 1.54) is 4.90 Å². The Kier molecular flexibility index (Phi) is 8.20. The summed E-state index contributed by atoms with van der Waals surface area (Å²) in [6.07, 6.45) is 0.334. The number of carbonyl (C=O) groups excluding carboxylic acids is 3. The molecule has 3 amide bonds. The molecule has 178 valence electrons. The Bertz CT molecular complexity index is 1150. The molecule has 1 heterocycles. The third kappa shape index (κ3) is 5.52. The molecule has 2 aromatic carbocycles. The first-order chi connectivity index (χ1) is 16.4. The number of nitrogens with one attached hydrogen (secondary N) is 1. The maximum Gasteiger partial charge on any atom is 0.272 e. The molecule has 5 N–H and O–H groups in total. The molecule has 9 nitrogen and oxygen atoms in total. The lowest BCUT2D eigenvalue weighted by Gasteiger charge is -2.30. The summed E-state index contributed by atoms with van der Waals surface area (Å²) < 4.78 is 9.43. The SMILES string of the molecule is CCOc1ccc(N(C(=O)c2snc(C(N)=O)c2N)[C@@H](CC)C(=O)NCc2ccccc2)cc1. The number of aromatic nitrogens is 1. The van der Waals surface area contributed by atoms with Gasteiger partial charge in [-0.2, -0.15) is 4.37 Å². The smallest absolute Gasteiger partial charge is 0.272 e. The van der Waals surface area contributed by atoms with Crippen LogP contribution in [-0.4, -0.2) is 34.7 Å². The molecule has 0 unspecified atom stereocenters. The first-order valence-corrected chi connectivity index (χ1v) is 11.6. The minimum Gasteiger partial charge on any atom is -0.494 e. The van der Waals surface area contributed by atoms with E-state index in [1.54, 1.807) is 24.3 Å². The van der Waals surface area contributed by atoms with E-state index in [2.05, 4.69) is 9.69 Å². The first kappa shape index (κ1) is 24.7. The van der Waals surface area contributed by atoms with Crippen molar-refractivity contribution in [1.29, 1.82) is 0 Å². The van der Waals surface area contributed by atoms with Crippen LogP contribution in [0.1, 0.15) is 46.0 Å². The molecule has 0 aliphatic heterocycles.